The van der Waals surface area contributed by atoms with Crippen LogP contribution in [0, 0.1) is 5.92 Å². The Morgan fingerprint density at radius 3 is 2.75 bits per heavy atom. The lowest BCUT2D eigenvalue weighted by atomic mass is 10.0. The summed E-state index contributed by atoms with van der Waals surface area (Å²) in [7, 11) is 2.02. The Morgan fingerprint density at radius 2 is 2.05 bits per heavy atom. The maximum Gasteiger partial charge on any atom is 0.223 e. The highest BCUT2D eigenvalue weighted by Crippen LogP contribution is 2.37. The zero-order valence-electron chi connectivity index (χ0n) is 12.1. The van der Waals surface area contributed by atoms with Gasteiger partial charge in [-0.05, 0) is 45.1 Å². The van der Waals surface area contributed by atoms with Crippen LogP contribution in [-0.2, 0) is 6.42 Å². The van der Waals surface area contributed by atoms with Crippen molar-refractivity contribution in [1.29, 1.82) is 0 Å². The van der Waals surface area contributed by atoms with Crippen molar-refractivity contribution in [2.24, 2.45) is 5.92 Å². The van der Waals surface area contributed by atoms with Crippen LogP contribution in [0.4, 0.5) is 17.6 Å². The Balaban J connectivity index is 1.89. The van der Waals surface area contributed by atoms with Crippen LogP contribution in [-0.4, -0.2) is 36.1 Å². The van der Waals surface area contributed by atoms with Gasteiger partial charge in [-0.25, -0.2) is 0 Å². The molecule has 1 aromatic heterocycles. The van der Waals surface area contributed by atoms with E-state index in [0.29, 0.717) is 11.9 Å². The van der Waals surface area contributed by atoms with Crippen LogP contribution >= 0.6 is 0 Å². The molecule has 0 bridgehead atoms. The topological polar surface area (TPSA) is 93.1 Å². The molecule has 1 aromatic rings. The molecule has 6 nitrogen and oxygen atoms in total. The number of nitrogens with two attached hydrogens (primary N) is 2. The summed E-state index contributed by atoms with van der Waals surface area (Å²) in [5.74, 6) is 2.56. The van der Waals surface area contributed by atoms with Gasteiger partial charge in [0.2, 0.25) is 5.95 Å². The minimum absolute atomic E-state index is 0.281. The molecule has 6 heteroatoms. The quantitative estimate of drug-likeness (QED) is 0.752. The van der Waals surface area contributed by atoms with Gasteiger partial charge < -0.3 is 21.7 Å². The van der Waals surface area contributed by atoms with E-state index in [-0.39, 0.29) is 5.95 Å². The number of nitrogen functional groups attached to an aromatic ring is 2. The summed E-state index contributed by atoms with van der Waals surface area (Å²) in [5.41, 5.74) is 13.0. The van der Waals surface area contributed by atoms with E-state index in [1.54, 1.807) is 0 Å². The van der Waals surface area contributed by atoms with Gasteiger partial charge in [0, 0.05) is 24.7 Å². The fraction of sp³-hybridized carbons (Fsp3) is 0.714. The second-order valence-corrected chi connectivity index (χ2v) is 5.99. The third-order valence-electron chi connectivity index (χ3n) is 4.35. The standard InChI is InChI=1S/C14H24N6/c1-17-10-3-2-6-20(8-10)13-11(7-9-4-5-9)12(15)18-14(16)19-13/h9-10,17H,2-8H2,1H3,(H4,15,16,18,19). The molecule has 0 spiro atoms. The van der Waals surface area contributed by atoms with E-state index in [4.69, 9.17) is 11.5 Å². The summed E-state index contributed by atoms with van der Waals surface area (Å²) < 4.78 is 0. The van der Waals surface area contributed by atoms with Crippen molar-refractivity contribution < 1.29 is 0 Å². The molecule has 1 unspecified atom stereocenters. The van der Waals surface area contributed by atoms with Crippen molar-refractivity contribution >= 4 is 17.6 Å². The van der Waals surface area contributed by atoms with Crippen LogP contribution in [0.5, 0.6) is 0 Å². The van der Waals surface area contributed by atoms with Crippen molar-refractivity contribution in [3.63, 3.8) is 0 Å². The highest BCUT2D eigenvalue weighted by Gasteiger charge is 2.28. The molecule has 2 heterocycles. The number of likely N-dealkylation sites (N-methyl/N-ethyl adjacent to an activating group) is 1. The first kappa shape index (κ1) is 13.4. The van der Waals surface area contributed by atoms with Crippen molar-refractivity contribution in [2.45, 2.75) is 38.1 Å². The Morgan fingerprint density at radius 1 is 1.25 bits per heavy atom. The molecule has 0 aromatic carbocycles. The molecule has 110 valence electrons. The fourth-order valence-electron chi connectivity index (χ4n) is 2.98. The van der Waals surface area contributed by atoms with Crippen LogP contribution < -0.4 is 21.7 Å². The fourth-order valence-corrected chi connectivity index (χ4v) is 2.98. The summed E-state index contributed by atoms with van der Waals surface area (Å²) in [4.78, 5) is 11.0. The molecule has 1 saturated heterocycles. The van der Waals surface area contributed by atoms with Crippen LogP contribution in [0.15, 0.2) is 0 Å². The Hall–Kier alpha value is -1.56. The third kappa shape index (κ3) is 2.80. The lowest BCUT2D eigenvalue weighted by Gasteiger charge is -2.34. The number of nitrogens with zero attached hydrogens (tertiary/aromatic N) is 3. The molecule has 20 heavy (non-hydrogen) atoms. The number of piperidine rings is 1. The van der Waals surface area contributed by atoms with Gasteiger partial charge >= 0.3 is 0 Å². The van der Waals surface area contributed by atoms with Crippen molar-refractivity contribution in [3.8, 4) is 0 Å². The van der Waals surface area contributed by atoms with E-state index >= 15 is 0 Å². The maximum absolute atomic E-state index is 6.10. The lowest BCUT2D eigenvalue weighted by molar-refractivity contribution is 0.447. The van der Waals surface area contributed by atoms with Crippen LogP contribution in [0.3, 0.4) is 0 Å². The molecule has 1 atom stereocenters. The highest BCUT2D eigenvalue weighted by atomic mass is 15.2. The summed E-state index contributed by atoms with van der Waals surface area (Å²) in [5, 5.41) is 3.36. The van der Waals surface area contributed by atoms with Crippen LogP contribution in [0.1, 0.15) is 31.2 Å². The first-order valence-corrected chi connectivity index (χ1v) is 7.51. The number of aromatic nitrogens is 2. The molecule has 1 aliphatic heterocycles. The van der Waals surface area contributed by atoms with E-state index in [2.05, 4.69) is 20.2 Å². The molecule has 3 rings (SSSR count). The minimum Gasteiger partial charge on any atom is -0.383 e. The van der Waals surface area contributed by atoms with E-state index in [1.165, 1.54) is 19.3 Å². The van der Waals surface area contributed by atoms with Crippen molar-refractivity contribution in [1.82, 2.24) is 15.3 Å². The Bertz CT molecular complexity index is 485. The van der Waals surface area contributed by atoms with Gasteiger partial charge in [0.1, 0.15) is 11.6 Å². The number of hydrogen-bond acceptors (Lipinski definition) is 6. The first-order valence-electron chi connectivity index (χ1n) is 7.51. The summed E-state index contributed by atoms with van der Waals surface area (Å²) in [6, 6.07) is 0.509. The second kappa shape index (κ2) is 5.44. The number of rotatable bonds is 4. The summed E-state index contributed by atoms with van der Waals surface area (Å²) >= 11 is 0. The van der Waals surface area contributed by atoms with Gasteiger partial charge in [-0.2, -0.15) is 9.97 Å². The van der Waals surface area contributed by atoms with Gasteiger partial charge in [0.15, 0.2) is 0 Å². The predicted octanol–water partition coefficient (Wildman–Crippen LogP) is 0.782. The average Bonchev–Trinajstić information content (AvgIpc) is 3.25. The van der Waals surface area contributed by atoms with Gasteiger partial charge in [-0.3, -0.25) is 0 Å². The Labute approximate surface area is 119 Å². The predicted molar refractivity (Wildman–Crippen MR) is 81.6 cm³/mol. The molecule has 1 saturated carbocycles. The van der Waals surface area contributed by atoms with E-state index in [9.17, 15) is 0 Å². The molecule has 0 amide bonds. The minimum atomic E-state index is 0.281. The number of hydrogen-bond donors (Lipinski definition) is 3. The highest BCUT2D eigenvalue weighted by molar-refractivity contribution is 5.60. The van der Waals surface area contributed by atoms with E-state index in [1.807, 2.05) is 7.05 Å². The van der Waals surface area contributed by atoms with Gasteiger partial charge in [0.25, 0.3) is 0 Å². The monoisotopic (exact) mass is 276 g/mol. The lowest BCUT2D eigenvalue weighted by Crippen LogP contribution is -2.45. The summed E-state index contributed by atoms with van der Waals surface area (Å²) in [6.45, 7) is 1.98. The Kier molecular flexibility index (Phi) is 3.65. The molecular weight excluding hydrogens is 252 g/mol. The molecular formula is C14H24N6. The molecule has 2 aliphatic rings. The van der Waals surface area contributed by atoms with Crippen molar-refractivity contribution in [2.75, 3.05) is 36.5 Å². The molecule has 0 radical (unpaired) electrons. The smallest absolute Gasteiger partial charge is 0.223 e. The maximum atomic E-state index is 6.10. The summed E-state index contributed by atoms with van der Waals surface area (Å²) in [6.07, 6.45) is 5.95. The van der Waals surface area contributed by atoms with Crippen molar-refractivity contribution in [3.05, 3.63) is 5.56 Å². The second-order valence-electron chi connectivity index (χ2n) is 5.99. The number of nitrogens with one attached hydrogen (secondary N) is 1. The van der Waals surface area contributed by atoms with Gasteiger partial charge in [0.05, 0.1) is 0 Å². The number of anilines is 3. The van der Waals surface area contributed by atoms with Crippen LogP contribution in [0.2, 0.25) is 0 Å². The largest absolute Gasteiger partial charge is 0.383 e. The normalized spacial score (nSPS) is 23.1. The van der Waals surface area contributed by atoms with Gasteiger partial charge in [-0.1, -0.05) is 0 Å². The molecule has 1 aliphatic carbocycles. The van der Waals surface area contributed by atoms with E-state index < -0.39 is 0 Å². The molecule has 2 fully saturated rings. The van der Waals surface area contributed by atoms with Gasteiger partial charge in [-0.15, -0.1) is 0 Å². The molecule has 5 N–H and O–H groups in total. The van der Waals surface area contributed by atoms with E-state index in [0.717, 1.165) is 43.2 Å². The average molecular weight is 276 g/mol. The zero-order valence-corrected chi connectivity index (χ0v) is 12.1. The van der Waals surface area contributed by atoms with Crippen LogP contribution in [0.25, 0.3) is 0 Å². The zero-order chi connectivity index (χ0) is 14.1. The SMILES string of the molecule is CNC1CCCN(c2nc(N)nc(N)c2CC2CC2)C1. The third-order valence-corrected chi connectivity index (χ3v) is 4.35. The first-order chi connectivity index (χ1) is 9.67.